The molecule has 0 amide bonds. The maximum atomic E-state index is 13.1. The van der Waals surface area contributed by atoms with Crippen molar-refractivity contribution in [3.05, 3.63) is 65.5 Å². The van der Waals surface area contributed by atoms with Crippen LogP contribution in [0.15, 0.2) is 53.5 Å². The molecule has 0 fully saturated rings. The lowest BCUT2D eigenvalue weighted by Gasteiger charge is -2.03. The average molecular weight is 228 g/mol. The number of hydrogen-bond donors (Lipinski definition) is 1. The van der Waals surface area contributed by atoms with E-state index in [2.05, 4.69) is 4.99 Å². The SMILES string of the molecule is Cc1ccc(F)cc1N=C(N)c1ccccc1. The smallest absolute Gasteiger partial charge is 0.131 e. The van der Waals surface area contributed by atoms with Gasteiger partial charge in [-0.05, 0) is 24.6 Å². The van der Waals surface area contributed by atoms with Crippen molar-refractivity contribution >= 4 is 11.5 Å². The van der Waals surface area contributed by atoms with Crippen LogP contribution in [-0.2, 0) is 0 Å². The van der Waals surface area contributed by atoms with Gasteiger partial charge in [0, 0.05) is 5.56 Å². The first-order valence-corrected chi connectivity index (χ1v) is 5.32. The molecule has 2 rings (SSSR count). The number of benzene rings is 2. The van der Waals surface area contributed by atoms with E-state index in [-0.39, 0.29) is 5.82 Å². The Labute approximate surface area is 99.6 Å². The number of rotatable bonds is 2. The second-order valence-corrected chi connectivity index (χ2v) is 3.79. The van der Waals surface area contributed by atoms with Crippen molar-refractivity contribution in [2.75, 3.05) is 0 Å². The second-order valence-electron chi connectivity index (χ2n) is 3.79. The van der Waals surface area contributed by atoms with Crippen molar-refractivity contribution in [1.82, 2.24) is 0 Å². The van der Waals surface area contributed by atoms with Crippen molar-refractivity contribution in [1.29, 1.82) is 0 Å². The first-order chi connectivity index (χ1) is 8.16. The quantitative estimate of drug-likeness (QED) is 0.622. The van der Waals surface area contributed by atoms with Gasteiger partial charge in [-0.3, -0.25) is 0 Å². The highest BCUT2D eigenvalue weighted by atomic mass is 19.1. The van der Waals surface area contributed by atoms with Gasteiger partial charge in [-0.2, -0.15) is 0 Å². The molecule has 0 aliphatic carbocycles. The predicted molar refractivity (Wildman–Crippen MR) is 68.0 cm³/mol. The van der Waals surface area contributed by atoms with Gasteiger partial charge in [0.05, 0.1) is 5.69 Å². The standard InChI is InChI=1S/C14H13FN2/c1-10-7-8-12(15)9-13(10)17-14(16)11-5-3-2-4-6-11/h2-9H,1H3,(H2,16,17). The summed E-state index contributed by atoms with van der Waals surface area (Å²) in [5.41, 5.74) is 8.16. The minimum atomic E-state index is -0.310. The second kappa shape index (κ2) is 4.78. The Hall–Kier alpha value is -2.16. The zero-order valence-corrected chi connectivity index (χ0v) is 9.52. The molecule has 0 saturated carbocycles. The molecular weight excluding hydrogens is 215 g/mol. The zero-order valence-electron chi connectivity index (χ0n) is 9.52. The Kier molecular flexibility index (Phi) is 3.19. The lowest BCUT2D eigenvalue weighted by Crippen LogP contribution is -2.12. The van der Waals surface area contributed by atoms with Gasteiger partial charge in [0.25, 0.3) is 0 Å². The van der Waals surface area contributed by atoms with Crippen LogP contribution in [0, 0.1) is 12.7 Å². The third kappa shape index (κ3) is 2.69. The zero-order chi connectivity index (χ0) is 12.3. The number of nitrogens with two attached hydrogens (primary N) is 1. The number of aryl methyl sites for hydroxylation is 1. The van der Waals surface area contributed by atoms with Gasteiger partial charge in [0.1, 0.15) is 11.7 Å². The number of halogens is 1. The maximum Gasteiger partial charge on any atom is 0.131 e. The summed E-state index contributed by atoms with van der Waals surface area (Å²) in [4.78, 5) is 4.24. The summed E-state index contributed by atoms with van der Waals surface area (Å²) in [5.74, 6) is 0.0783. The summed E-state index contributed by atoms with van der Waals surface area (Å²) >= 11 is 0. The first kappa shape index (κ1) is 11.3. The number of aliphatic imine (C=N–C) groups is 1. The monoisotopic (exact) mass is 228 g/mol. The molecule has 0 unspecified atom stereocenters. The van der Waals surface area contributed by atoms with E-state index in [1.54, 1.807) is 6.07 Å². The van der Waals surface area contributed by atoms with Gasteiger partial charge in [0.15, 0.2) is 0 Å². The van der Waals surface area contributed by atoms with E-state index >= 15 is 0 Å². The van der Waals surface area contributed by atoms with Crippen molar-refractivity contribution in [2.24, 2.45) is 10.7 Å². The Balaban J connectivity index is 2.39. The Bertz CT molecular complexity index is 547. The van der Waals surface area contributed by atoms with E-state index in [1.807, 2.05) is 37.3 Å². The lowest BCUT2D eigenvalue weighted by molar-refractivity contribution is 0.628. The van der Waals surface area contributed by atoms with Crippen LogP contribution in [-0.4, -0.2) is 5.84 Å². The third-order valence-corrected chi connectivity index (χ3v) is 2.48. The molecular formula is C14H13FN2. The fourth-order valence-corrected chi connectivity index (χ4v) is 1.51. The normalized spacial score (nSPS) is 11.5. The predicted octanol–water partition coefficient (Wildman–Crippen LogP) is 3.17. The van der Waals surface area contributed by atoms with E-state index in [0.717, 1.165) is 11.1 Å². The number of nitrogens with zero attached hydrogens (tertiary/aromatic N) is 1. The van der Waals surface area contributed by atoms with Crippen LogP contribution in [0.4, 0.5) is 10.1 Å². The summed E-state index contributed by atoms with van der Waals surface area (Å²) in [6, 6.07) is 13.9. The highest BCUT2D eigenvalue weighted by molar-refractivity contribution is 5.99. The third-order valence-electron chi connectivity index (χ3n) is 2.48. The molecule has 0 aromatic heterocycles. The van der Waals surface area contributed by atoms with Crippen LogP contribution in [0.5, 0.6) is 0 Å². The molecule has 0 atom stereocenters. The maximum absolute atomic E-state index is 13.1. The summed E-state index contributed by atoms with van der Waals surface area (Å²) in [6.45, 7) is 1.87. The van der Waals surface area contributed by atoms with Gasteiger partial charge in [-0.15, -0.1) is 0 Å². The number of hydrogen-bond acceptors (Lipinski definition) is 1. The number of amidine groups is 1. The van der Waals surface area contributed by atoms with Crippen LogP contribution in [0.25, 0.3) is 0 Å². The topological polar surface area (TPSA) is 38.4 Å². The molecule has 0 radical (unpaired) electrons. The Morgan fingerprint density at radius 1 is 1.12 bits per heavy atom. The molecule has 86 valence electrons. The minimum Gasteiger partial charge on any atom is -0.383 e. The van der Waals surface area contributed by atoms with Crippen LogP contribution < -0.4 is 5.73 Å². The van der Waals surface area contributed by atoms with E-state index in [9.17, 15) is 4.39 Å². The first-order valence-electron chi connectivity index (χ1n) is 5.32. The van der Waals surface area contributed by atoms with Crippen LogP contribution in [0.3, 0.4) is 0 Å². The van der Waals surface area contributed by atoms with Crippen molar-refractivity contribution in [2.45, 2.75) is 6.92 Å². The highest BCUT2D eigenvalue weighted by Gasteiger charge is 2.01. The van der Waals surface area contributed by atoms with E-state index in [4.69, 9.17) is 5.73 Å². The summed E-state index contributed by atoms with van der Waals surface area (Å²) in [5, 5.41) is 0. The summed E-state index contributed by atoms with van der Waals surface area (Å²) in [6.07, 6.45) is 0. The molecule has 0 heterocycles. The Morgan fingerprint density at radius 3 is 2.53 bits per heavy atom. The molecule has 3 heteroatoms. The van der Waals surface area contributed by atoms with Gasteiger partial charge in [-0.1, -0.05) is 36.4 Å². The molecule has 0 aliphatic rings. The highest BCUT2D eigenvalue weighted by Crippen LogP contribution is 2.20. The van der Waals surface area contributed by atoms with E-state index < -0.39 is 0 Å². The van der Waals surface area contributed by atoms with Gasteiger partial charge in [0.2, 0.25) is 0 Å². The Morgan fingerprint density at radius 2 is 1.82 bits per heavy atom. The van der Waals surface area contributed by atoms with Crippen molar-refractivity contribution < 1.29 is 4.39 Å². The molecule has 0 bridgehead atoms. The molecule has 2 N–H and O–H groups in total. The van der Waals surface area contributed by atoms with Crippen molar-refractivity contribution in [3.8, 4) is 0 Å². The molecule has 2 nitrogen and oxygen atoms in total. The fraction of sp³-hybridized carbons (Fsp3) is 0.0714. The molecule has 2 aromatic rings. The van der Waals surface area contributed by atoms with E-state index in [0.29, 0.717) is 11.5 Å². The fourth-order valence-electron chi connectivity index (χ4n) is 1.51. The minimum absolute atomic E-state index is 0.310. The van der Waals surface area contributed by atoms with Gasteiger partial charge < -0.3 is 5.73 Å². The molecule has 0 spiro atoms. The van der Waals surface area contributed by atoms with Crippen LogP contribution in [0.2, 0.25) is 0 Å². The average Bonchev–Trinajstić information content (AvgIpc) is 2.35. The molecule has 17 heavy (non-hydrogen) atoms. The molecule has 0 saturated heterocycles. The van der Waals surface area contributed by atoms with Gasteiger partial charge >= 0.3 is 0 Å². The summed E-state index contributed by atoms with van der Waals surface area (Å²) in [7, 11) is 0. The van der Waals surface area contributed by atoms with Crippen LogP contribution in [0.1, 0.15) is 11.1 Å². The summed E-state index contributed by atoms with van der Waals surface area (Å²) < 4.78 is 13.1. The molecule has 0 aliphatic heterocycles. The lowest BCUT2D eigenvalue weighted by atomic mass is 10.2. The van der Waals surface area contributed by atoms with Crippen LogP contribution >= 0.6 is 0 Å². The molecule has 2 aromatic carbocycles. The largest absolute Gasteiger partial charge is 0.383 e. The van der Waals surface area contributed by atoms with E-state index in [1.165, 1.54) is 12.1 Å². The van der Waals surface area contributed by atoms with Crippen molar-refractivity contribution in [3.63, 3.8) is 0 Å². The van der Waals surface area contributed by atoms with Gasteiger partial charge in [-0.25, -0.2) is 9.38 Å².